The molecule has 1 atom stereocenters. The van der Waals surface area contributed by atoms with Crippen molar-refractivity contribution in [1.29, 1.82) is 0 Å². The molecule has 0 saturated carbocycles. The van der Waals surface area contributed by atoms with Gasteiger partial charge in [-0.25, -0.2) is 0 Å². The van der Waals surface area contributed by atoms with Crippen LogP contribution in [0.4, 0.5) is 5.82 Å². The summed E-state index contributed by atoms with van der Waals surface area (Å²) in [6, 6.07) is 6.50. The number of anilines is 1. The summed E-state index contributed by atoms with van der Waals surface area (Å²) in [5.41, 5.74) is 0.802. The smallest absolute Gasteiger partial charge is 0.248 e. The highest BCUT2D eigenvalue weighted by molar-refractivity contribution is 5.97. The van der Waals surface area contributed by atoms with Crippen LogP contribution < -0.4 is 14.8 Å². The summed E-state index contributed by atoms with van der Waals surface area (Å²) in [6.07, 6.45) is 1.60. The van der Waals surface area contributed by atoms with Crippen LogP contribution in [0.3, 0.4) is 0 Å². The minimum Gasteiger partial charge on any atom is -0.493 e. The lowest BCUT2D eigenvalue weighted by Gasteiger charge is -2.23. The van der Waals surface area contributed by atoms with Crippen LogP contribution in [0.1, 0.15) is 24.2 Å². The normalized spacial score (nSPS) is 16.3. The lowest BCUT2D eigenvalue weighted by atomic mass is 10.1. The highest BCUT2D eigenvalue weighted by atomic mass is 16.5. The first kappa shape index (κ1) is 18.8. The number of hydrogen-bond acceptors (Lipinski definition) is 6. The highest BCUT2D eigenvalue weighted by Gasteiger charge is 2.34. The Morgan fingerprint density at radius 2 is 2.04 bits per heavy atom. The maximum atomic E-state index is 12.8. The van der Waals surface area contributed by atoms with E-state index in [9.17, 15) is 9.59 Å². The van der Waals surface area contributed by atoms with E-state index >= 15 is 0 Å². The fraction of sp³-hybridized carbons (Fsp3) is 0.421. The van der Waals surface area contributed by atoms with Gasteiger partial charge in [0.2, 0.25) is 11.8 Å². The Morgan fingerprint density at radius 1 is 1.26 bits per heavy atom. The Bertz CT molecular complexity index is 833. The molecule has 1 aromatic carbocycles. The number of ether oxygens (including phenoxy) is 2. The maximum Gasteiger partial charge on any atom is 0.248 e. The first-order valence-electron chi connectivity index (χ1n) is 8.76. The number of nitrogens with one attached hydrogen (secondary N) is 1. The van der Waals surface area contributed by atoms with E-state index in [-0.39, 0.29) is 18.2 Å². The van der Waals surface area contributed by atoms with Gasteiger partial charge < -0.3 is 24.2 Å². The van der Waals surface area contributed by atoms with E-state index in [0.717, 1.165) is 12.0 Å². The number of hydrogen-bond donors (Lipinski definition) is 1. The molecule has 1 aliphatic rings. The first-order chi connectivity index (χ1) is 13.0. The molecule has 0 spiro atoms. The quantitative estimate of drug-likeness (QED) is 0.834. The van der Waals surface area contributed by atoms with Gasteiger partial charge in [-0.3, -0.25) is 9.59 Å². The van der Waals surface area contributed by atoms with Gasteiger partial charge in [0.05, 0.1) is 20.6 Å². The molecular weight excluding hydrogens is 350 g/mol. The van der Waals surface area contributed by atoms with Crippen LogP contribution in [0.15, 0.2) is 28.8 Å². The topological polar surface area (TPSA) is 93.9 Å². The SMILES string of the molecule is COc1ccc(CC(=O)N2CCC[C@H]2C(=O)Nc2cc(C)on2)cc1OC. The van der Waals surface area contributed by atoms with Crippen LogP contribution in [0.25, 0.3) is 0 Å². The van der Waals surface area contributed by atoms with Gasteiger partial charge in [-0.1, -0.05) is 11.2 Å². The largest absolute Gasteiger partial charge is 0.493 e. The molecule has 8 nitrogen and oxygen atoms in total. The molecule has 2 amide bonds. The van der Waals surface area contributed by atoms with Crippen molar-refractivity contribution in [3.8, 4) is 11.5 Å². The summed E-state index contributed by atoms with van der Waals surface area (Å²) in [5.74, 6) is 1.79. The molecule has 8 heteroatoms. The van der Waals surface area contributed by atoms with Gasteiger partial charge in [0, 0.05) is 12.6 Å². The number of carbonyl (C=O) groups excluding carboxylic acids is 2. The van der Waals surface area contributed by atoms with Crippen molar-refractivity contribution < 1.29 is 23.6 Å². The van der Waals surface area contributed by atoms with Gasteiger partial charge >= 0.3 is 0 Å². The van der Waals surface area contributed by atoms with Crippen LogP contribution in [0.5, 0.6) is 11.5 Å². The molecule has 1 aliphatic heterocycles. The predicted octanol–water partition coefficient (Wildman–Crippen LogP) is 2.17. The summed E-state index contributed by atoms with van der Waals surface area (Å²) in [4.78, 5) is 27.0. The van der Waals surface area contributed by atoms with Gasteiger partial charge in [-0.15, -0.1) is 0 Å². The van der Waals surface area contributed by atoms with Crippen molar-refractivity contribution in [3.63, 3.8) is 0 Å². The van der Waals surface area contributed by atoms with Gasteiger partial charge in [-0.05, 0) is 37.5 Å². The number of likely N-dealkylation sites (tertiary alicyclic amines) is 1. The average molecular weight is 373 g/mol. The highest BCUT2D eigenvalue weighted by Crippen LogP contribution is 2.28. The predicted molar refractivity (Wildman–Crippen MR) is 97.9 cm³/mol. The third-order valence-electron chi connectivity index (χ3n) is 4.56. The first-order valence-corrected chi connectivity index (χ1v) is 8.76. The molecule has 1 aromatic heterocycles. The van der Waals surface area contributed by atoms with Gasteiger partial charge in [0.1, 0.15) is 11.8 Å². The lowest BCUT2D eigenvalue weighted by molar-refractivity contribution is -0.136. The number of methoxy groups -OCH3 is 2. The number of rotatable bonds is 6. The molecule has 3 rings (SSSR count). The Kier molecular flexibility index (Phi) is 5.63. The molecule has 1 fully saturated rings. The minimum absolute atomic E-state index is 0.101. The summed E-state index contributed by atoms with van der Waals surface area (Å²) in [7, 11) is 3.11. The summed E-state index contributed by atoms with van der Waals surface area (Å²) >= 11 is 0. The van der Waals surface area contributed by atoms with E-state index in [0.29, 0.717) is 36.0 Å². The molecule has 0 bridgehead atoms. The van der Waals surface area contributed by atoms with E-state index in [4.69, 9.17) is 14.0 Å². The van der Waals surface area contributed by atoms with Gasteiger partial charge in [0.25, 0.3) is 0 Å². The van der Waals surface area contributed by atoms with Gasteiger partial charge in [-0.2, -0.15) is 0 Å². The molecular formula is C19H23N3O5. The number of aromatic nitrogens is 1. The van der Waals surface area contributed by atoms with Gasteiger partial charge in [0.15, 0.2) is 17.3 Å². The monoisotopic (exact) mass is 373 g/mol. The summed E-state index contributed by atoms with van der Waals surface area (Å²) < 4.78 is 15.5. The Balaban J connectivity index is 1.67. The fourth-order valence-corrected chi connectivity index (χ4v) is 3.24. The lowest BCUT2D eigenvalue weighted by Crippen LogP contribution is -2.43. The molecule has 0 aliphatic carbocycles. The number of nitrogens with zero attached hydrogens (tertiary/aromatic N) is 2. The second-order valence-electron chi connectivity index (χ2n) is 6.42. The van der Waals surface area contributed by atoms with Crippen LogP contribution in [0, 0.1) is 6.92 Å². The Morgan fingerprint density at radius 3 is 2.70 bits per heavy atom. The van der Waals surface area contributed by atoms with Crippen molar-refractivity contribution in [2.24, 2.45) is 0 Å². The zero-order valence-electron chi connectivity index (χ0n) is 15.7. The van der Waals surface area contributed by atoms with E-state index < -0.39 is 6.04 Å². The third-order valence-corrected chi connectivity index (χ3v) is 4.56. The van der Waals surface area contributed by atoms with E-state index in [1.165, 1.54) is 0 Å². The number of amides is 2. The molecule has 0 radical (unpaired) electrons. The van der Waals surface area contributed by atoms with Crippen molar-refractivity contribution in [2.75, 3.05) is 26.1 Å². The third kappa shape index (κ3) is 4.21. The second kappa shape index (κ2) is 8.11. The zero-order chi connectivity index (χ0) is 19.4. The van der Waals surface area contributed by atoms with E-state index in [1.54, 1.807) is 44.2 Å². The molecule has 2 heterocycles. The molecule has 2 aromatic rings. The van der Waals surface area contributed by atoms with Crippen LogP contribution in [-0.2, 0) is 16.0 Å². The van der Waals surface area contributed by atoms with Crippen LogP contribution >= 0.6 is 0 Å². The van der Waals surface area contributed by atoms with Crippen molar-refractivity contribution in [2.45, 2.75) is 32.2 Å². The maximum absolute atomic E-state index is 12.8. The zero-order valence-corrected chi connectivity index (χ0v) is 15.7. The Hall–Kier alpha value is -3.03. The Labute approximate surface area is 157 Å². The molecule has 27 heavy (non-hydrogen) atoms. The molecule has 1 N–H and O–H groups in total. The molecule has 144 valence electrons. The summed E-state index contributed by atoms with van der Waals surface area (Å²) in [6.45, 7) is 2.30. The second-order valence-corrected chi connectivity index (χ2v) is 6.42. The van der Waals surface area contributed by atoms with Crippen molar-refractivity contribution in [3.05, 3.63) is 35.6 Å². The fourth-order valence-electron chi connectivity index (χ4n) is 3.24. The number of carbonyl (C=O) groups is 2. The van der Waals surface area contributed by atoms with E-state index in [2.05, 4.69) is 10.5 Å². The standard InChI is InChI=1S/C19H23N3O5/c1-12-9-17(21-27-12)20-19(24)14-5-4-8-22(14)18(23)11-13-6-7-15(25-2)16(10-13)26-3/h6-7,9-10,14H,4-5,8,11H2,1-3H3,(H,20,21,24)/t14-/m0/s1. The molecule has 0 unspecified atom stereocenters. The number of benzene rings is 1. The molecule has 1 saturated heterocycles. The minimum atomic E-state index is -0.505. The van der Waals surface area contributed by atoms with Crippen LogP contribution in [0.2, 0.25) is 0 Å². The van der Waals surface area contributed by atoms with Crippen molar-refractivity contribution in [1.82, 2.24) is 10.1 Å². The number of aryl methyl sites for hydroxylation is 1. The average Bonchev–Trinajstić information content (AvgIpc) is 3.30. The summed E-state index contributed by atoms with van der Waals surface area (Å²) in [5, 5.41) is 6.48. The van der Waals surface area contributed by atoms with Crippen molar-refractivity contribution >= 4 is 17.6 Å². The van der Waals surface area contributed by atoms with E-state index in [1.807, 2.05) is 6.07 Å². The van der Waals surface area contributed by atoms with Crippen LogP contribution in [-0.4, -0.2) is 48.7 Å².